The minimum atomic E-state index is -4.51. The van der Waals surface area contributed by atoms with E-state index in [0.717, 1.165) is 29.2 Å². The van der Waals surface area contributed by atoms with E-state index in [2.05, 4.69) is 5.32 Å². The van der Waals surface area contributed by atoms with Gasteiger partial charge in [-0.2, -0.15) is 13.2 Å². The SMILES string of the molecule is O=C(Nc1ccccc1N1C(=O)c2ccccc2C1=O)c1ccc(C(F)(F)F)cc1. The number of carbonyl (C=O) groups excluding carboxylic acids is 3. The predicted octanol–water partition coefficient (Wildman–Crippen LogP) is 4.76. The number of alkyl halides is 3. The van der Waals surface area contributed by atoms with Gasteiger partial charge in [-0.3, -0.25) is 14.4 Å². The molecule has 150 valence electrons. The van der Waals surface area contributed by atoms with Crippen molar-refractivity contribution in [1.29, 1.82) is 0 Å². The maximum Gasteiger partial charge on any atom is 0.416 e. The topological polar surface area (TPSA) is 66.5 Å². The molecule has 0 spiro atoms. The van der Waals surface area contributed by atoms with E-state index in [4.69, 9.17) is 0 Å². The minimum Gasteiger partial charge on any atom is -0.320 e. The van der Waals surface area contributed by atoms with E-state index in [1.54, 1.807) is 36.4 Å². The van der Waals surface area contributed by atoms with Crippen LogP contribution in [0, 0.1) is 0 Å². The summed E-state index contributed by atoms with van der Waals surface area (Å²) in [5.41, 5.74) is -0.00996. The zero-order valence-electron chi connectivity index (χ0n) is 15.2. The number of para-hydroxylation sites is 2. The number of benzene rings is 3. The minimum absolute atomic E-state index is 0.000152. The summed E-state index contributed by atoms with van der Waals surface area (Å²) < 4.78 is 38.1. The van der Waals surface area contributed by atoms with E-state index in [1.807, 2.05) is 0 Å². The van der Waals surface area contributed by atoms with E-state index in [1.165, 1.54) is 12.1 Å². The molecule has 0 atom stereocenters. The molecule has 1 aliphatic rings. The predicted molar refractivity (Wildman–Crippen MR) is 103 cm³/mol. The molecule has 3 aromatic rings. The number of imide groups is 1. The fourth-order valence-corrected chi connectivity index (χ4v) is 3.19. The molecule has 1 N–H and O–H groups in total. The van der Waals surface area contributed by atoms with Crippen molar-refractivity contribution in [2.24, 2.45) is 0 Å². The molecule has 0 bridgehead atoms. The molecule has 0 fully saturated rings. The quantitative estimate of drug-likeness (QED) is 0.634. The van der Waals surface area contributed by atoms with Crippen LogP contribution in [0.25, 0.3) is 0 Å². The first-order valence-corrected chi connectivity index (χ1v) is 8.83. The third-order valence-electron chi connectivity index (χ3n) is 4.66. The molecule has 0 radical (unpaired) electrons. The number of hydrogen-bond donors (Lipinski definition) is 1. The van der Waals surface area contributed by atoms with E-state index in [0.29, 0.717) is 0 Å². The van der Waals surface area contributed by atoms with Crippen molar-refractivity contribution in [2.45, 2.75) is 6.18 Å². The monoisotopic (exact) mass is 410 g/mol. The Kier molecular flexibility index (Phi) is 4.62. The van der Waals surface area contributed by atoms with Crippen molar-refractivity contribution < 1.29 is 27.6 Å². The molecule has 30 heavy (non-hydrogen) atoms. The van der Waals surface area contributed by atoms with Gasteiger partial charge in [0.05, 0.1) is 28.1 Å². The van der Waals surface area contributed by atoms with Crippen LogP contribution in [0.5, 0.6) is 0 Å². The Hall–Kier alpha value is -3.94. The highest BCUT2D eigenvalue weighted by Gasteiger charge is 2.37. The molecule has 3 aromatic carbocycles. The first-order chi connectivity index (χ1) is 14.3. The summed E-state index contributed by atoms with van der Waals surface area (Å²) in [6.07, 6.45) is -4.51. The number of fused-ring (bicyclic) bond motifs is 1. The van der Waals surface area contributed by atoms with Gasteiger partial charge in [-0.1, -0.05) is 24.3 Å². The summed E-state index contributed by atoms with van der Waals surface area (Å²) in [7, 11) is 0. The van der Waals surface area contributed by atoms with Gasteiger partial charge < -0.3 is 5.32 Å². The lowest BCUT2D eigenvalue weighted by Gasteiger charge is -2.18. The van der Waals surface area contributed by atoms with Gasteiger partial charge in [0.2, 0.25) is 0 Å². The van der Waals surface area contributed by atoms with E-state index in [9.17, 15) is 27.6 Å². The van der Waals surface area contributed by atoms with Crippen LogP contribution in [0.4, 0.5) is 24.5 Å². The molecular weight excluding hydrogens is 397 g/mol. The van der Waals surface area contributed by atoms with Crippen LogP contribution < -0.4 is 10.2 Å². The van der Waals surface area contributed by atoms with Crippen molar-refractivity contribution in [2.75, 3.05) is 10.2 Å². The number of amides is 3. The fourth-order valence-electron chi connectivity index (χ4n) is 3.19. The highest BCUT2D eigenvalue weighted by molar-refractivity contribution is 6.35. The van der Waals surface area contributed by atoms with Crippen molar-refractivity contribution in [3.05, 3.63) is 95.1 Å². The van der Waals surface area contributed by atoms with Gasteiger partial charge in [0.1, 0.15) is 0 Å². The summed E-state index contributed by atoms with van der Waals surface area (Å²) >= 11 is 0. The molecule has 0 aliphatic carbocycles. The Morgan fingerprint density at radius 2 is 1.30 bits per heavy atom. The van der Waals surface area contributed by atoms with Crippen molar-refractivity contribution in [1.82, 2.24) is 0 Å². The Morgan fingerprint density at radius 3 is 1.87 bits per heavy atom. The van der Waals surface area contributed by atoms with Crippen LogP contribution in [0.2, 0.25) is 0 Å². The fraction of sp³-hybridized carbons (Fsp3) is 0.0455. The lowest BCUT2D eigenvalue weighted by atomic mass is 10.1. The standard InChI is InChI=1S/C22H13F3N2O3/c23-22(24,25)14-11-9-13(10-12-14)19(28)26-17-7-3-4-8-18(17)27-20(29)15-5-1-2-6-16(15)21(27)30/h1-12H,(H,26,28). The molecule has 4 rings (SSSR count). The van der Waals surface area contributed by atoms with Gasteiger partial charge >= 0.3 is 6.18 Å². The van der Waals surface area contributed by atoms with E-state index >= 15 is 0 Å². The summed E-state index contributed by atoms with van der Waals surface area (Å²) in [5, 5.41) is 2.56. The average molecular weight is 410 g/mol. The Morgan fingerprint density at radius 1 is 0.767 bits per heavy atom. The average Bonchev–Trinajstić information content (AvgIpc) is 2.98. The number of halogens is 3. The van der Waals surface area contributed by atoms with Gasteiger partial charge in [-0.25, -0.2) is 4.90 Å². The van der Waals surface area contributed by atoms with Crippen LogP contribution >= 0.6 is 0 Å². The normalized spacial score (nSPS) is 13.4. The zero-order chi connectivity index (χ0) is 21.5. The molecule has 5 nitrogen and oxygen atoms in total. The summed E-state index contributed by atoms with van der Waals surface area (Å²) in [4.78, 5) is 39.0. The molecule has 0 saturated carbocycles. The van der Waals surface area contributed by atoms with Gasteiger partial charge in [0.25, 0.3) is 17.7 Å². The van der Waals surface area contributed by atoms with E-state index in [-0.39, 0.29) is 28.1 Å². The highest BCUT2D eigenvalue weighted by Crippen LogP contribution is 2.34. The lowest BCUT2D eigenvalue weighted by molar-refractivity contribution is -0.137. The molecule has 0 aromatic heterocycles. The number of rotatable bonds is 3. The van der Waals surface area contributed by atoms with E-state index < -0.39 is 29.5 Å². The Bertz CT molecular complexity index is 1140. The summed E-state index contributed by atoms with van der Waals surface area (Å²) in [6.45, 7) is 0. The third-order valence-corrected chi connectivity index (χ3v) is 4.66. The van der Waals surface area contributed by atoms with Crippen LogP contribution in [-0.4, -0.2) is 17.7 Å². The Labute approximate surface area is 168 Å². The van der Waals surface area contributed by atoms with Gasteiger partial charge in [0, 0.05) is 5.56 Å². The smallest absolute Gasteiger partial charge is 0.320 e. The molecule has 0 saturated heterocycles. The number of nitrogens with one attached hydrogen (secondary N) is 1. The highest BCUT2D eigenvalue weighted by atomic mass is 19.4. The van der Waals surface area contributed by atoms with Gasteiger partial charge in [-0.15, -0.1) is 0 Å². The second kappa shape index (κ2) is 7.14. The lowest BCUT2D eigenvalue weighted by Crippen LogP contribution is -2.30. The third kappa shape index (κ3) is 3.32. The van der Waals surface area contributed by atoms with Crippen molar-refractivity contribution in [3.8, 4) is 0 Å². The summed E-state index contributed by atoms with van der Waals surface area (Å²) in [6, 6.07) is 16.3. The van der Waals surface area contributed by atoms with Crippen molar-refractivity contribution in [3.63, 3.8) is 0 Å². The molecule has 1 heterocycles. The first-order valence-electron chi connectivity index (χ1n) is 8.83. The van der Waals surface area contributed by atoms with Crippen LogP contribution in [0.3, 0.4) is 0 Å². The summed E-state index contributed by atoms with van der Waals surface area (Å²) in [5.74, 6) is -1.72. The zero-order valence-corrected chi connectivity index (χ0v) is 15.2. The maximum absolute atomic E-state index is 12.7. The van der Waals surface area contributed by atoms with Crippen molar-refractivity contribution >= 4 is 29.1 Å². The number of carbonyl (C=O) groups is 3. The van der Waals surface area contributed by atoms with Gasteiger partial charge in [-0.05, 0) is 48.5 Å². The Balaban J connectivity index is 1.63. The number of anilines is 2. The second-order valence-corrected chi connectivity index (χ2v) is 6.54. The molecule has 1 aliphatic heterocycles. The molecular formula is C22H13F3N2O3. The second-order valence-electron chi connectivity index (χ2n) is 6.54. The number of hydrogen-bond acceptors (Lipinski definition) is 3. The maximum atomic E-state index is 12.7. The van der Waals surface area contributed by atoms with Gasteiger partial charge in [0.15, 0.2) is 0 Å². The first kappa shape index (κ1) is 19.4. The largest absolute Gasteiger partial charge is 0.416 e. The molecule has 3 amide bonds. The van der Waals surface area contributed by atoms with Crippen LogP contribution in [0.15, 0.2) is 72.8 Å². The van der Waals surface area contributed by atoms with Crippen LogP contribution in [0.1, 0.15) is 36.6 Å². The van der Waals surface area contributed by atoms with Crippen LogP contribution in [-0.2, 0) is 6.18 Å². The number of nitrogens with zero attached hydrogens (tertiary/aromatic N) is 1. The molecule has 0 unspecified atom stereocenters. The molecule has 8 heteroatoms.